The predicted molar refractivity (Wildman–Crippen MR) is 58.3 cm³/mol. The minimum Gasteiger partial charge on any atom is -0.489 e. The summed E-state index contributed by atoms with van der Waals surface area (Å²) in [6.07, 6.45) is 0.0674. The highest BCUT2D eigenvalue weighted by Crippen LogP contribution is 2.24. The normalized spacial score (nSPS) is 10.1. The minimum atomic E-state index is -0.894. The van der Waals surface area contributed by atoms with E-state index in [1.165, 1.54) is 0 Å². The van der Waals surface area contributed by atoms with Crippen molar-refractivity contribution in [1.82, 2.24) is 0 Å². The molecular formula is C11H15NO3. The van der Waals surface area contributed by atoms with Gasteiger partial charge in [-0.2, -0.15) is 0 Å². The highest BCUT2D eigenvalue weighted by molar-refractivity contribution is 5.73. The van der Waals surface area contributed by atoms with E-state index < -0.39 is 5.97 Å². The van der Waals surface area contributed by atoms with Gasteiger partial charge in [-0.05, 0) is 26.0 Å². The van der Waals surface area contributed by atoms with Gasteiger partial charge in [0, 0.05) is 0 Å². The third-order valence-corrected chi connectivity index (χ3v) is 1.68. The van der Waals surface area contributed by atoms with E-state index in [2.05, 4.69) is 5.32 Å². The van der Waals surface area contributed by atoms with Crippen LogP contribution in [0.3, 0.4) is 0 Å². The van der Waals surface area contributed by atoms with E-state index in [9.17, 15) is 4.79 Å². The van der Waals surface area contributed by atoms with Crippen molar-refractivity contribution in [2.45, 2.75) is 20.0 Å². The van der Waals surface area contributed by atoms with Crippen molar-refractivity contribution in [3.8, 4) is 5.75 Å². The van der Waals surface area contributed by atoms with Crippen LogP contribution in [-0.2, 0) is 4.79 Å². The van der Waals surface area contributed by atoms with Gasteiger partial charge in [-0.1, -0.05) is 12.1 Å². The Labute approximate surface area is 88.9 Å². The zero-order valence-corrected chi connectivity index (χ0v) is 8.86. The molecular weight excluding hydrogens is 194 g/mol. The predicted octanol–water partition coefficient (Wildman–Crippen LogP) is 1.97. The van der Waals surface area contributed by atoms with Crippen LogP contribution >= 0.6 is 0 Å². The fraction of sp³-hybridized carbons (Fsp3) is 0.364. The molecule has 0 aliphatic carbocycles. The smallest absolute Gasteiger partial charge is 0.322 e. The topological polar surface area (TPSA) is 58.6 Å². The molecule has 0 saturated heterocycles. The van der Waals surface area contributed by atoms with Gasteiger partial charge in [0.25, 0.3) is 0 Å². The molecule has 2 N–H and O–H groups in total. The Morgan fingerprint density at radius 2 is 2.13 bits per heavy atom. The van der Waals surface area contributed by atoms with E-state index in [1.807, 2.05) is 32.0 Å². The van der Waals surface area contributed by atoms with Gasteiger partial charge >= 0.3 is 5.97 Å². The molecule has 4 nitrogen and oxygen atoms in total. The molecule has 4 heteroatoms. The average molecular weight is 209 g/mol. The SMILES string of the molecule is CC(C)Oc1ccccc1NCC(=O)O. The number of anilines is 1. The highest BCUT2D eigenvalue weighted by atomic mass is 16.5. The maximum atomic E-state index is 10.4. The summed E-state index contributed by atoms with van der Waals surface area (Å²) in [6, 6.07) is 7.28. The average Bonchev–Trinajstić information content (AvgIpc) is 2.15. The summed E-state index contributed by atoms with van der Waals surface area (Å²) in [5, 5.41) is 11.3. The number of hydrogen-bond donors (Lipinski definition) is 2. The molecule has 0 heterocycles. The summed E-state index contributed by atoms with van der Waals surface area (Å²) in [5.41, 5.74) is 0.702. The Morgan fingerprint density at radius 1 is 1.47 bits per heavy atom. The molecule has 1 aromatic rings. The fourth-order valence-electron chi connectivity index (χ4n) is 1.14. The molecule has 0 aliphatic rings. The number of para-hydroxylation sites is 2. The van der Waals surface area contributed by atoms with Crippen molar-refractivity contribution < 1.29 is 14.6 Å². The van der Waals surface area contributed by atoms with Crippen molar-refractivity contribution in [3.63, 3.8) is 0 Å². The zero-order chi connectivity index (χ0) is 11.3. The van der Waals surface area contributed by atoms with E-state index in [1.54, 1.807) is 6.07 Å². The maximum Gasteiger partial charge on any atom is 0.322 e. The molecule has 0 amide bonds. The van der Waals surface area contributed by atoms with Gasteiger partial charge in [0.15, 0.2) is 0 Å². The molecule has 0 aromatic heterocycles. The molecule has 0 atom stereocenters. The number of aliphatic carboxylic acids is 1. The molecule has 82 valence electrons. The number of carbonyl (C=O) groups is 1. The monoisotopic (exact) mass is 209 g/mol. The molecule has 0 unspecified atom stereocenters. The van der Waals surface area contributed by atoms with Crippen molar-refractivity contribution in [3.05, 3.63) is 24.3 Å². The van der Waals surface area contributed by atoms with E-state index in [-0.39, 0.29) is 12.6 Å². The number of carboxylic acid groups (broad SMARTS) is 1. The van der Waals surface area contributed by atoms with Crippen LogP contribution in [0.1, 0.15) is 13.8 Å². The molecule has 15 heavy (non-hydrogen) atoms. The van der Waals surface area contributed by atoms with Crippen LogP contribution < -0.4 is 10.1 Å². The van der Waals surface area contributed by atoms with Gasteiger partial charge in [0.1, 0.15) is 12.3 Å². The van der Waals surface area contributed by atoms with E-state index in [4.69, 9.17) is 9.84 Å². The van der Waals surface area contributed by atoms with Crippen molar-refractivity contribution >= 4 is 11.7 Å². The number of ether oxygens (including phenoxy) is 1. The number of carboxylic acids is 1. The first kappa shape index (κ1) is 11.4. The molecule has 1 rings (SSSR count). The fourth-order valence-corrected chi connectivity index (χ4v) is 1.14. The van der Waals surface area contributed by atoms with Crippen molar-refractivity contribution in [2.75, 3.05) is 11.9 Å². The minimum absolute atomic E-state index is 0.0674. The Kier molecular flexibility index (Phi) is 3.97. The van der Waals surface area contributed by atoms with E-state index >= 15 is 0 Å². The lowest BCUT2D eigenvalue weighted by Crippen LogP contribution is -2.14. The first-order valence-corrected chi connectivity index (χ1v) is 4.81. The van der Waals surface area contributed by atoms with Crippen molar-refractivity contribution in [2.24, 2.45) is 0 Å². The van der Waals surface area contributed by atoms with Gasteiger partial charge in [0.2, 0.25) is 0 Å². The molecule has 0 radical (unpaired) electrons. The first-order valence-electron chi connectivity index (χ1n) is 4.81. The largest absolute Gasteiger partial charge is 0.489 e. The van der Waals surface area contributed by atoms with Crippen LogP contribution in [0.2, 0.25) is 0 Å². The van der Waals surface area contributed by atoms with Crippen LogP contribution in [0.4, 0.5) is 5.69 Å². The Balaban J connectivity index is 2.72. The second-order valence-corrected chi connectivity index (χ2v) is 3.41. The third-order valence-electron chi connectivity index (χ3n) is 1.68. The lowest BCUT2D eigenvalue weighted by atomic mass is 10.3. The third kappa shape index (κ3) is 3.89. The Bertz CT molecular complexity index is 336. The summed E-state index contributed by atoms with van der Waals surface area (Å²) < 4.78 is 5.52. The van der Waals surface area contributed by atoms with Crippen LogP contribution in [0.5, 0.6) is 5.75 Å². The number of hydrogen-bond acceptors (Lipinski definition) is 3. The zero-order valence-electron chi connectivity index (χ0n) is 8.86. The molecule has 0 bridgehead atoms. The first-order chi connectivity index (χ1) is 7.09. The summed E-state index contributed by atoms with van der Waals surface area (Å²) in [7, 11) is 0. The van der Waals surface area contributed by atoms with Crippen LogP contribution in [0.15, 0.2) is 24.3 Å². The molecule has 1 aromatic carbocycles. The Morgan fingerprint density at radius 3 is 2.73 bits per heavy atom. The van der Waals surface area contributed by atoms with E-state index in [0.29, 0.717) is 11.4 Å². The summed E-state index contributed by atoms with van der Waals surface area (Å²) in [6.45, 7) is 3.74. The standard InChI is InChI=1S/C11H15NO3/c1-8(2)15-10-6-4-3-5-9(10)12-7-11(13)14/h3-6,8,12H,7H2,1-2H3,(H,13,14). The number of nitrogens with one attached hydrogen (secondary N) is 1. The summed E-state index contributed by atoms with van der Waals surface area (Å²) in [4.78, 5) is 10.4. The molecule has 0 fully saturated rings. The highest BCUT2D eigenvalue weighted by Gasteiger charge is 2.05. The quantitative estimate of drug-likeness (QED) is 0.778. The molecule has 0 saturated carbocycles. The summed E-state index contributed by atoms with van der Waals surface area (Å²) >= 11 is 0. The molecule has 0 spiro atoms. The second kappa shape index (κ2) is 5.24. The Hall–Kier alpha value is -1.71. The maximum absolute atomic E-state index is 10.4. The molecule has 0 aliphatic heterocycles. The van der Waals surface area contributed by atoms with Gasteiger partial charge < -0.3 is 15.2 Å². The lowest BCUT2D eigenvalue weighted by Gasteiger charge is -2.14. The van der Waals surface area contributed by atoms with Crippen molar-refractivity contribution in [1.29, 1.82) is 0 Å². The van der Waals surface area contributed by atoms with Crippen LogP contribution in [0, 0.1) is 0 Å². The lowest BCUT2D eigenvalue weighted by molar-refractivity contribution is -0.134. The number of rotatable bonds is 5. The number of benzene rings is 1. The van der Waals surface area contributed by atoms with Gasteiger partial charge in [0.05, 0.1) is 11.8 Å². The van der Waals surface area contributed by atoms with E-state index in [0.717, 1.165) is 0 Å². The van der Waals surface area contributed by atoms with Gasteiger partial charge in [-0.3, -0.25) is 4.79 Å². The van der Waals surface area contributed by atoms with Crippen LogP contribution in [0.25, 0.3) is 0 Å². The van der Waals surface area contributed by atoms with Crippen LogP contribution in [-0.4, -0.2) is 23.7 Å². The summed E-state index contributed by atoms with van der Waals surface area (Å²) in [5.74, 6) is -0.219. The second-order valence-electron chi connectivity index (χ2n) is 3.41. The van der Waals surface area contributed by atoms with Gasteiger partial charge in [-0.15, -0.1) is 0 Å². The van der Waals surface area contributed by atoms with Gasteiger partial charge in [-0.25, -0.2) is 0 Å².